The van der Waals surface area contributed by atoms with Crippen LogP contribution in [0.4, 0.5) is 9.59 Å². The van der Waals surface area contributed by atoms with E-state index >= 15 is 0 Å². The predicted octanol–water partition coefficient (Wildman–Crippen LogP) is -1.44. The Morgan fingerprint density at radius 2 is 2.00 bits per heavy atom. The lowest BCUT2D eigenvalue weighted by Gasteiger charge is -2.19. The van der Waals surface area contributed by atoms with Crippen LogP contribution in [0.1, 0.15) is 6.42 Å². The molecule has 0 radical (unpaired) electrons. The molecule has 0 aliphatic rings. The number of rotatable bonds is 4. The molecule has 0 atom stereocenters. The van der Waals surface area contributed by atoms with Crippen molar-refractivity contribution in [3.05, 3.63) is 0 Å². The highest BCUT2D eigenvalue weighted by molar-refractivity contribution is 5.78. The average molecular weight is 189 g/mol. The Morgan fingerprint density at radius 3 is 2.38 bits per heavy atom. The summed E-state index contributed by atoms with van der Waals surface area (Å²) >= 11 is 0. The van der Waals surface area contributed by atoms with Gasteiger partial charge in [-0.15, -0.1) is 0 Å². The quantitative estimate of drug-likeness (QED) is 0.321. The molecule has 0 unspecified atom stereocenters. The van der Waals surface area contributed by atoms with Crippen molar-refractivity contribution in [2.75, 3.05) is 20.1 Å². The highest BCUT2D eigenvalue weighted by Crippen LogP contribution is 1.85. The summed E-state index contributed by atoms with van der Waals surface area (Å²) in [5.41, 5.74) is 11.9. The molecule has 0 aliphatic heterocycles. The van der Waals surface area contributed by atoms with Crippen LogP contribution in [0.5, 0.6) is 0 Å². The van der Waals surface area contributed by atoms with Crippen LogP contribution < -0.4 is 22.2 Å². The summed E-state index contributed by atoms with van der Waals surface area (Å²) in [6, 6.07) is -1.53. The summed E-state index contributed by atoms with van der Waals surface area (Å²) in [5, 5.41) is 3.86. The van der Waals surface area contributed by atoms with Gasteiger partial charge in [0, 0.05) is 6.54 Å². The van der Waals surface area contributed by atoms with Gasteiger partial charge in [-0.05, 0) is 20.0 Å². The first-order valence-electron chi connectivity index (χ1n) is 3.85. The van der Waals surface area contributed by atoms with Crippen LogP contribution in [-0.2, 0) is 0 Å². The van der Waals surface area contributed by atoms with E-state index in [4.69, 9.17) is 11.5 Å². The zero-order valence-electron chi connectivity index (χ0n) is 7.54. The van der Waals surface area contributed by atoms with Gasteiger partial charge in [0.05, 0.1) is 0 Å². The number of hydrogen-bond acceptors (Lipinski definition) is 3. The lowest BCUT2D eigenvalue weighted by atomic mass is 10.4. The molecule has 0 rings (SSSR count). The number of amides is 4. The molecule has 0 spiro atoms. The molecular formula is C6H15N5O2. The molecule has 13 heavy (non-hydrogen) atoms. The van der Waals surface area contributed by atoms with Crippen molar-refractivity contribution in [3.8, 4) is 0 Å². The Labute approximate surface area is 76.4 Å². The number of nitrogens with one attached hydrogen (secondary N) is 2. The van der Waals surface area contributed by atoms with Gasteiger partial charge in [0.1, 0.15) is 0 Å². The van der Waals surface area contributed by atoms with Crippen molar-refractivity contribution in [1.82, 2.24) is 15.8 Å². The molecule has 76 valence electrons. The van der Waals surface area contributed by atoms with Gasteiger partial charge >= 0.3 is 12.1 Å². The minimum absolute atomic E-state index is 0.332. The molecule has 0 saturated heterocycles. The molecule has 7 heteroatoms. The third-order valence-corrected chi connectivity index (χ3v) is 1.32. The van der Waals surface area contributed by atoms with Gasteiger partial charge in [-0.3, -0.25) is 0 Å². The number of nitrogens with zero attached hydrogens (tertiary/aromatic N) is 1. The molecule has 0 aromatic heterocycles. The van der Waals surface area contributed by atoms with E-state index in [0.717, 1.165) is 11.6 Å². The Hall–Kier alpha value is -1.50. The highest BCUT2D eigenvalue weighted by Gasteiger charge is 2.09. The maximum atomic E-state index is 10.7. The van der Waals surface area contributed by atoms with Gasteiger partial charge in [0.15, 0.2) is 0 Å². The number of hydrazine groups is 1. The summed E-state index contributed by atoms with van der Waals surface area (Å²) in [6.45, 7) is 1.06. The summed E-state index contributed by atoms with van der Waals surface area (Å²) in [5.74, 6) is 0. The number of hydrogen-bond donors (Lipinski definition) is 4. The first kappa shape index (κ1) is 11.5. The van der Waals surface area contributed by atoms with Crippen molar-refractivity contribution >= 4 is 12.1 Å². The molecule has 0 saturated carbocycles. The Bertz CT molecular complexity index is 184. The van der Waals surface area contributed by atoms with Gasteiger partial charge in [-0.2, -0.15) is 0 Å². The molecule has 0 aliphatic carbocycles. The van der Waals surface area contributed by atoms with Gasteiger partial charge < -0.3 is 16.8 Å². The smallest absolute Gasteiger partial charge is 0.333 e. The Balaban J connectivity index is 3.81. The van der Waals surface area contributed by atoms with Gasteiger partial charge in [-0.1, -0.05) is 0 Å². The van der Waals surface area contributed by atoms with Crippen LogP contribution >= 0.6 is 0 Å². The Kier molecular flexibility index (Phi) is 5.37. The van der Waals surface area contributed by atoms with E-state index in [1.165, 1.54) is 0 Å². The number of primary amides is 2. The normalized spacial score (nSPS) is 9.31. The fourth-order valence-electron chi connectivity index (χ4n) is 0.768. The third-order valence-electron chi connectivity index (χ3n) is 1.32. The summed E-state index contributed by atoms with van der Waals surface area (Å²) in [4.78, 5) is 21.1. The molecule has 0 aromatic carbocycles. The fourth-order valence-corrected chi connectivity index (χ4v) is 0.768. The van der Waals surface area contributed by atoms with E-state index in [-0.39, 0.29) is 0 Å². The van der Waals surface area contributed by atoms with E-state index in [1.807, 2.05) is 0 Å². The van der Waals surface area contributed by atoms with Crippen LogP contribution in [0.15, 0.2) is 0 Å². The maximum absolute atomic E-state index is 10.7. The van der Waals surface area contributed by atoms with Crippen LogP contribution in [0, 0.1) is 0 Å². The topological polar surface area (TPSA) is 113 Å². The number of carbonyl (C=O) groups is 2. The van der Waals surface area contributed by atoms with Gasteiger partial charge in [0.2, 0.25) is 0 Å². The van der Waals surface area contributed by atoms with E-state index in [0.29, 0.717) is 13.0 Å². The van der Waals surface area contributed by atoms with Crippen molar-refractivity contribution in [1.29, 1.82) is 0 Å². The second-order valence-corrected chi connectivity index (χ2v) is 2.42. The van der Waals surface area contributed by atoms with Crippen LogP contribution in [0.25, 0.3) is 0 Å². The number of nitrogens with two attached hydrogens (primary N) is 2. The standard InChI is InChI=1S/C6H15N5O2/c1-9-3-2-4-11(6(8)13)10-5(7)12/h9H,2-4H2,1H3,(H2,8,13)(H3,7,10,12). The van der Waals surface area contributed by atoms with Gasteiger partial charge in [0.25, 0.3) is 0 Å². The number of urea groups is 2. The van der Waals surface area contributed by atoms with Crippen molar-refractivity contribution in [2.24, 2.45) is 11.5 Å². The molecule has 0 heterocycles. The van der Waals surface area contributed by atoms with Crippen molar-refractivity contribution in [2.45, 2.75) is 6.42 Å². The Morgan fingerprint density at radius 1 is 1.38 bits per heavy atom. The third kappa shape index (κ3) is 5.74. The van der Waals surface area contributed by atoms with E-state index in [9.17, 15) is 9.59 Å². The largest absolute Gasteiger partial charge is 0.350 e. The van der Waals surface area contributed by atoms with E-state index in [1.54, 1.807) is 7.05 Å². The van der Waals surface area contributed by atoms with Crippen molar-refractivity contribution in [3.63, 3.8) is 0 Å². The molecule has 0 fully saturated rings. The SMILES string of the molecule is CNCCCN(NC(N)=O)C(N)=O. The van der Waals surface area contributed by atoms with Crippen LogP contribution in [-0.4, -0.2) is 37.2 Å². The molecule has 6 N–H and O–H groups in total. The predicted molar refractivity (Wildman–Crippen MR) is 47.6 cm³/mol. The number of carbonyl (C=O) groups excluding carboxylic acids is 2. The zero-order valence-corrected chi connectivity index (χ0v) is 7.54. The molecule has 7 nitrogen and oxygen atoms in total. The van der Waals surface area contributed by atoms with Crippen molar-refractivity contribution < 1.29 is 9.59 Å². The van der Waals surface area contributed by atoms with E-state index in [2.05, 4.69) is 10.7 Å². The highest BCUT2D eigenvalue weighted by atomic mass is 16.2. The lowest BCUT2D eigenvalue weighted by Crippen LogP contribution is -2.51. The fraction of sp³-hybridized carbons (Fsp3) is 0.667. The van der Waals surface area contributed by atoms with Crippen LogP contribution in [0.3, 0.4) is 0 Å². The maximum Gasteiger partial charge on any atom is 0.333 e. The zero-order chi connectivity index (χ0) is 10.3. The first-order chi connectivity index (χ1) is 6.07. The van der Waals surface area contributed by atoms with E-state index < -0.39 is 12.1 Å². The molecule has 0 bridgehead atoms. The lowest BCUT2D eigenvalue weighted by molar-refractivity contribution is 0.177. The van der Waals surface area contributed by atoms with Crippen LogP contribution in [0.2, 0.25) is 0 Å². The first-order valence-corrected chi connectivity index (χ1v) is 3.85. The monoisotopic (exact) mass is 189 g/mol. The average Bonchev–Trinajstić information content (AvgIpc) is 2.02. The minimum Gasteiger partial charge on any atom is -0.350 e. The molecular weight excluding hydrogens is 174 g/mol. The summed E-state index contributed by atoms with van der Waals surface area (Å²) in [7, 11) is 1.79. The second-order valence-electron chi connectivity index (χ2n) is 2.42. The summed E-state index contributed by atoms with van der Waals surface area (Å²) in [6.07, 6.45) is 0.680. The second kappa shape index (κ2) is 6.06. The minimum atomic E-state index is -0.803. The summed E-state index contributed by atoms with van der Waals surface area (Å²) < 4.78 is 0. The van der Waals surface area contributed by atoms with Gasteiger partial charge in [-0.25, -0.2) is 20.0 Å². The molecule has 4 amide bonds. The molecule has 0 aromatic rings.